The van der Waals surface area contributed by atoms with Gasteiger partial charge in [-0.15, -0.1) is 0 Å². The molecule has 0 spiro atoms. The molecular weight excluding hydrogens is 684 g/mol. The van der Waals surface area contributed by atoms with Gasteiger partial charge in [0.15, 0.2) is 0 Å². The predicted molar refractivity (Wildman–Crippen MR) is 166 cm³/mol. The summed E-state index contributed by atoms with van der Waals surface area (Å²) in [5.41, 5.74) is -0.401. The smallest absolute Gasteiger partial charge is 0.166 e. The van der Waals surface area contributed by atoms with Crippen molar-refractivity contribution in [2.24, 2.45) is 0 Å². The van der Waals surface area contributed by atoms with Gasteiger partial charge in [-0.2, -0.15) is 52.7 Å². The molecule has 0 aliphatic heterocycles. The van der Waals surface area contributed by atoms with Crippen LogP contribution in [0.1, 0.15) is 71.2 Å². The maximum absolute atomic E-state index is 13.7. The Morgan fingerprint density at radius 2 is 0.740 bits per heavy atom. The lowest BCUT2D eigenvalue weighted by atomic mass is 9.87. The summed E-state index contributed by atoms with van der Waals surface area (Å²) in [5, 5.41) is 0. The Morgan fingerprint density at radius 1 is 0.440 bits per heavy atom. The number of allylic oxidation sites excluding steroid dienone is 4. The van der Waals surface area contributed by atoms with Gasteiger partial charge in [0, 0.05) is 0 Å². The lowest BCUT2D eigenvalue weighted by Crippen LogP contribution is -2.11. The molecule has 0 bridgehead atoms. The van der Waals surface area contributed by atoms with E-state index >= 15 is 0 Å². The van der Waals surface area contributed by atoms with E-state index in [-0.39, 0.29) is 47.2 Å². The molecule has 262 valence electrons. The van der Waals surface area contributed by atoms with E-state index in [1.165, 1.54) is 12.1 Å². The Bertz CT molecular complexity index is 1850. The molecule has 0 amide bonds. The van der Waals surface area contributed by atoms with E-state index in [0.717, 1.165) is 11.1 Å². The fraction of sp³-hybridized carbons (Fsp3) is 0.263. The number of benzene rings is 4. The van der Waals surface area contributed by atoms with Crippen LogP contribution in [0.2, 0.25) is 0 Å². The molecule has 4 aromatic carbocycles. The van der Waals surface area contributed by atoms with Gasteiger partial charge in [-0.25, -0.2) is 0 Å². The lowest BCUT2D eigenvalue weighted by Gasteiger charge is -2.19. The molecule has 50 heavy (non-hydrogen) atoms. The van der Waals surface area contributed by atoms with E-state index in [2.05, 4.69) is 0 Å². The van der Waals surface area contributed by atoms with E-state index in [0.29, 0.717) is 70.5 Å². The van der Waals surface area contributed by atoms with E-state index in [4.69, 9.17) is 0 Å². The number of hydrogen-bond acceptors (Lipinski definition) is 0. The Morgan fingerprint density at radius 3 is 1.02 bits per heavy atom. The van der Waals surface area contributed by atoms with Gasteiger partial charge in [-0.1, -0.05) is 47.5 Å². The number of rotatable bonds is 5. The molecule has 2 aliphatic rings. The van der Waals surface area contributed by atoms with Crippen LogP contribution in [-0.4, -0.2) is 0 Å². The van der Waals surface area contributed by atoms with Crippen LogP contribution in [0.3, 0.4) is 0 Å². The SMILES string of the molecule is CC1=C(CCC2=C(C)Cc3cccc(-c4cc(C(F)(F)F)cc(C(F)(F)F)c4)c32)c2c(cccc2-c2cc(C(F)(F)F)cc(C(F)(F)F)c2)C1. The first-order valence-corrected chi connectivity index (χ1v) is 15.3. The average Bonchev–Trinajstić information content (AvgIpc) is 3.51. The van der Waals surface area contributed by atoms with E-state index in [9.17, 15) is 52.7 Å². The molecule has 0 radical (unpaired) electrons. The fourth-order valence-electron chi connectivity index (χ4n) is 7.05. The van der Waals surface area contributed by atoms with Crippen LogP contribution in [0.25, 0.3) is 33.4 Å². The molecular formula is C38H26F12. The summed E-state index contributed by atoms with van der Waals surface area (Å²) in [6, 6.07) is 12.4. The molecule has 0 heterocycles. The molecule has 0 N–H and O–H groups in total. The van der Waals surface area contributed by atoms with Gasteiger partial charge in [0.1, 0.15) is 0 Å². The summed E-state index contributed by atoms with van der Waals surface area (Å²) in [6.07, 6.45) is -18.8. The maximum Gasteiger partial charge on any atom is 0.416 e. The van der Waals surface area contributed by atoms with Crippen LogP contribution in [-0.2, 0) is 37.5 Å². The van der Waals surface area contributed by atoms with Gasteiger partial charge < -0.3 is 0 Å². The van der Waals surface area contributed by atoms with Crippen molar-refractivity contribution in [1.29, 1.82) is 0 Å². The molecule has 0 atom stereocenters. The molecule has 0 fully saturated rings. The Hall–Kier alpha value is -4.48. The first-order chi connectivity index (χ1) is 23.1. The summed E-state index contributed by atoms with van der Waals surface area (Å²) in [6.45, 7) is 3.62. The zero-order valence-corrected chi connectivity index (χ0v) is 26.3. The largest absolute Gasteiger partial charge is 0.416 e. The second kappa shape index (κ2) is 12.1. The van der Waals surface area contributed by atoms with Gasteiger partial charge in [0.25, 0.3) is 0 Å². The van der Waals surface area contributed by atoms with Crippen molar-refractivity contribution in [1.82, 2.24) is 0 Å². The van der Waals surface area contributed by atoms with Crippen LogP contribution in [0, 0.1) is 0 Å². The third-order valence-electron chi connectivity index (χ3n) is 9.27. The van der Waals surface area contributed by atoms with Gasteiger partial charge in [-0.05, 0) is 132 Å². The summed E-state index contributed by atoms with van der Waals surface area (Å²) < 4.78 is 165. The molecule has 6 rings (SSSR count). The van der Waals surface area contributed by atoms with Gasteiger partial charge in [0.2, 0.25) is 0 Å². The molecule has 2 aliphatic carbocycles. The van der Waals surface area contributed by atoms with Crippen molar-refractivity contribution in [3.8, 4) is 22.3 Å². The highest BCUT2D eigenvalue weighted by Gasteiger charge is 2.39. The minimum atomic E-state index is -5.04. The third-order valence-corrected chi connectivity index (χ3v) is 9.27. The van der Waals surface area contributed by atoms with Crippen LogP contribution >= 0.6 is 0 Å². The minimum absolute atomic E-state index is 0.0705. The van der Waals surface area contributed by atoms with Crippen LogP contribution in [0.4, 0.5) is 52.7 Å². The quantitative estimate of drug-likeness (QED) is 0.181. The van der Waals surface area contributed by atoms with Crippen molar-refractivity contribution in [2.45, 2.75) is 64.2 Å². The third kappa shape index (κ3) is 6.68. The first-order valence-electron chi connectivity index (χ1n) is 15.3. The zero-order chi connectivity index (χ0) is 36.6. The first kappa shape index (κ1) is 35.3. The van der Waals surface area contributed by atoms with Crippen LogP contribution < -0.4 is 0 Å². The number of hydrogen-bond donors (Lipinski definition) is 0. The zero-order valence-electron chi connectivity index (χ0n) is 26.3. The molecule has 4 aromatic rings. The highest BCUT2D eigenvalue weighted by Crippen LogP contribution is 2.49. The number of alkyl halides is 12. The molecule has 12 heteroatoms. The Kier molecular flexibility index (Phi) is 8.55. The summed E-state index contributed by atoms with van der Waals surface area (Å²) >= 11 is 0. The van der Waals surface area contributed by atoms with Crippen molar-refractivity contribution in [3.63, 3.8) is 0 Å². The van der Waals surface area contributed by atoms with Crippen molar-refractivity contribution in [2.75, 3.05) is 0 Å². The summed E-state index contributed by atoms with van der Waals surface area (Å²) in [5.74, 6) is 0. The molecule has 0 saturated carbocycles. The Balaban J connectivity index is 1.41. The van der Waals surface area contributed by atoms with Crippen molar-refractivity contribution >= 4 is 11.1 Å². The van der Waals surface area contributed by atoms with Gasteiger partial charge >= 0.3 is 24.7 Å². The number of halogens is 12. The Labute approximate surface area is 278 Å². The van der Waals surface area contributed by atoms with E-state index in [1.807, 2.05) is 13.8 Å². The van der Waals surface area contributed by atoms with Gasteiger partial charge in [-0.3, -0.25) is 0 Å². The van der Waals surface area contributed by atoms with Crippen LogP contribution in [0.5, 0.6) is 0 Å². The van der Waals surface area contributed by atoms with Crippen molar-refractivity contribution < 1.29 is 52.7 Å². The van der Waals surface area contributed by atoms with E-state index in [1.54, 1.807) is 24.3 Å². The highest BCUT2D eigenvalue weighted by molar-refractivity contribution is 5.91. The monoisotopic (exact) mass is 710 g/mol. The van der Waals surface area contributed by atoms with Gasteiger partial charge in [0.05, 0.1) is 22.3 Å². The maximum atomic E-state index is 13.7. The lowest BCUT2D eigenvalue weighted by molar-refractivity contribution is -0.144. The second-order valence-corrected chi connectivity index (χ2v) is 12.6. The van der Waals surface area contributed by atoms with Crippen LogP contribution in [0.15, 0.2) is 83.9 Å². The summed E-state index contributed by atoms with van der Waals surface area (Å²) in [4.78, 5) is 0. The van der Waals surface area contributed by atoms with E-state index < -0.39 is 47.0 Å². The highest BCUT2D eigenvalue weighted by atomic mass is 19.4. The average molecular weight is 711 g/mol. The molecule has 0 aromatic heterocycles. The molecule has 0 unspecified atom stereocenters. The predicted octanol–water partition coefficient (Wildman–Crippen LogP) is 13.2. The van der Waals surface area contributed by atoms with Crippen molar-refractivity contribution in [3.05, 3.63) is 128 Å². The normalized spacial score (nSPS) is 15.2. The minimum Gasteiger partial charge on any atom is -0.166 e. The summed E-state index contributed by atoms with van der Waals surface area (Å²) in [7, 11) is 0. The second-order valence-electron chi connectivity index (χ2n) is 12.6. The molecule has 0 saturated heterocycles. The number of fused-ring (bicyclic) bond motifs is 2. The standard InChI is InChI=1S/C38H26F12/c1-19-11-21-5-3-7-31(23-13-25(35(39,40)41)17-26(14-23)36(42,43)44)33(21)29(19)9-10-30-20(2)12-22-6-4-8-32(34(22)30)24-15-27(37(45,46)47)18-28(16-24)38(48,49)50/h3-8,13-18H,9-12H2,1-2H3. The fourth-order valence-corrected chi connectivity index (χ4v) is 7.05. The molecule has 0 nitrogen and oxygen atoms in total. The topological polar surface area (TPSA) is 0 Å².